The molecule has 0 fully saturated rings. The molecule has 0 aromatic carbocycles. The zero-order chi connectivity index (χ0) is 10.9. The van der Waals surface area contributed by atoms with Crippen LogP contribution in [0.5, 0.6) is 0 Å². The molecule has 1 heterocycles. The Morgan fingerprint density at radius 1 is 1.50 bits per heavy atom. The van der Waals surface area contributed by atoms with E-state index >= 15 is 0 Å². The van der Waals surface area contributed by atoms with Crippen molar-refractivity contribution in [2.75, 3.05) is 0 Å². The van der Waals surface area contributed by atoms with E-state index in [0.717, 1.165) is 11.3 Å². The molecule has 1 N–H and O–H groups in total. The van der Waals surface area contributed by atoms with E-state index in [0.29, 0.717) is 0 Å². The molecule has 0 saturated carbocycles. The Balaban J connectivity index is 3.34. The van der Waals surface area contributed by atoms with Crippen LogP contribution in [-0.4, -0.2) is 24.7 Å². The van der Waals surface area contributed by atoms with Crippen LogP contribution in [0.15, 0.2) is 15.7 Å². The number of sulfone groups is 1. The van der Waals surface area contributed by atoms with Gasteiger partial charge in [-0.2, -0.15) is 0 Å². The first-order valence-corrected chi connectivity index (χ1v) is 6.34. The van der Waals surface area contributed by atoms with E-state index in [1.54, 1.807) is 0 Å². The Bertz CT molecular complexity index is 442. The normalized spacial score (nSPS) is 11.9. The van der Waals surface area contributed by atoms with E-state index < -0.39 is 21.1 Å². The van der Waals surface area contributed by atoms with Crippen LogP contribution in [-0.2, 0) is 9.84 Å². The van der Waals surface area contributed by atoms with E-state index in [-0.39, 0.29) is 9.77 Å². The van der Waals surface area contributed by atoms with Crippen LogP contribution >= 0.6 is 11.3 Å². The molecular weight excluding hydrogens is 224 g/mol. The summed E-state index contributed by atoms with van der Waals surface area (Å²) < 4.78 is 23.3. The van der Waals surface area contributed by atoms with Crippen LogP contribution in [0.3, 0.4) is 0 Å². The summed E-state index contributed by atoms with van der Waals surface area (Å²) in [6.45, 7) is 3.06. The van der Waals surface area contributed by atoms with Crippen molar-refractivity contribution in [2.24, 2.45) is 0 Å². The highest BCUT2D eigenvalue weighted by Crippen LogP contribution is 2.26. The second-order valence-electron chi connectivity index (χ2n) is 3.02. The maximum absolute atomic E-state index is 11.7. The summed E-state index contributed by atoms with van der Waals surface area (Å²) in [5.74, 6) is -1.20. The minimum Gasteiger partial charge on any atom is -0.478 e. The van der Waals surface area contributed by atoms with Gasteiger partial charge in [-0.3, -0.25) is 0 Å². The average Bonchev–Trinajstić information content (AvgIpc) is 2.51. The molecule has 0 aliphatic carbocycles. The van der Waals surface area contributed by atoms with Gasteiger partial charge in [0.15, 0.2) is 9.84 Å². The van der Waals surface area contributed by atoms with Gasteiger partial charge in [0.1, 0.15) is 4.21 Å². The van der Waals surface area contributed by atoms with Gasteiger partial charge in [0, 0.05) is 0 Å². The number of carboxylic acids is 1. The predicted octanol–water partition coefficient (Wildman–Crippen LogP) is 1.63. The molecule has 0 atom stereocenters. The Labute approximate surface area is 86.1 Å². The highest BCUT2D eigenvalue weighted by atomic mass is 32.2. The zero-order valence-corrected chi connectivity index (χ0v) is 9.35. The monoisotopic (exact) mass is 234 g/mol. The molecule has 14 heavy (non-hydrogen) atoms. The molecular formula is C8H10O4S2. The highest BCUT2D eigenvalue weighted by Gasteiger charge is 2.26. The van der Waals surface area contributed by atoms with Gasteiger partial charge in [-0.15, -0.1) is 11.3 Å². The maximum atomic E-state index is 11.7. The van der Waals surface area contributed by atoms with Crippen molar-refractivity contribution in [1.29, 1.82) is 0 Å². The van der Waals surface area contributed by atoms with Crippen LogP contribution in [0.2, 0.25) is 0 Å². The third-order valence-electron chi connectivity index (χ3n) is 1.74. The summed E-state index contributed by atoms with van der Waals surface area (Å²) in [5.41, 5.74) is -0.135. The van der Waals surface area contributed by atoms with E-state index in [1.807, 2.05) is 0 Å². The third-order valence-corrected chi connectivity index (χ3v) is 5.41. The number of carboxylic acid groups (broad SMARTS) is 1. The lowest BCUT2D eigenvalue weighted by Gasteiger charge is -2.05. The molecule has 1 aromatic heterocycles. The van der Waals surface area contributed by atoms with E-state index in [1.165, 1.54) is 25.3 Å². The van der Waals surface area contributed by atoms with Crippen molar-refractivity contribution in [3.05, 3.63) is 17.0 Å². The summed E-state index contributed by atoms with van der Waals surface area (Å²) in [6, 6.07) is 1.31. The molecule has 0 radical (unpaired) electrons. The fraction of sp³-hybridized carbons (Fsp3) is 0.375. The van der Waals surface area contributed by atoms with Crippen LogP contribution in [0.25, 0.3) is 0 Å². The van der Waals surface area contributed by atoms with Gasteiger partial charge in [-0.05, 0) is 25.3 Å². The average molecular weight is 234 g/mol. The van der Waals surface area contributed by atoms with Crippen LogP contribution in [0.4, 0.5) is 0 Å². The molecule has 6 heteroatoms. The first-order chi connectivity index (χ1) is 6.37. The summed E-state index contributed by atoms with van der Waals surface area (Å²) >= 11 is 0.944. The van der Waals surface area contributed by atoms with Gasteiger partial charge in [0.25, 0.3) is 0 Å². The molecule has 0 aliphatic heterocycles. The molecule has 4 nitrogen and oxygen atoms in total. The third kappa shape index (κ3) is 1.80. The summed E-state index contributed by atoms with van der Waals surface area (Å²) in [5, 5.41) is 9.61. The Kier molecular flexibility index (Phi) is 2.96. The van der Waals surface area contributed by atoms with Crippen molar-refractivity contribution in [3.63, 3.8) is 0 Å². The highest BCUT2D eigenvalue weighted by molar-refractivity contribution is 7.94. The lowest BCUT2D eigenvalue weighted by atomic mass is 10.4. The zero-order valence-electron chi connectivity index (χ0n) is 7.72. The molecule has 0 spiro atoms. The quantitative estimate of drug-likeness (QED) is 0.862. The lowest BCUT2D eigenvalue weighted by molar-refractivity contribution is 0.0693. The van der Waals surface area contributed by atoms with Crippen molar-refractivity contribution in [1.82, 2.24) is 0 Å². The molecule has 0 bridgehead atoms. The van der Waals surface area contributed by atoms with E-state index in [4.69, 9.17) is 5.11 Å². The lowest BCUT2D eigenvalue weighted by Crippen LogP contribution is -2.15. The number of carbonyl (C=O) groups is 1. The Morgan fingerprint density at radius 2 is 2.07 bits per heavy atom. The summed E-state index contributed by atoms with van der Waals surface area (Å²) in [4.78, 5) is 10.7. The van der Waals surface area contributed by atoms with Crippen molar-refractivity contribution >= 4 is 27.1 Å². The van der Waals surface area contributed by atoms with Gasteiger partial charge in [-0.1, -0.05) is 0 Å². The van der Waals surface area contributed by atoms with Crippen LogP contribution < -0.4 is 0 Å². The van der Waals surface area contributed by atoms with Gasteiger partial charge in [0.05, 0.1) is 10.8 Å². The van der Waals surface area contributed by atoms with Gasteiger partial charge >= 0.3 is 5.97 Å². The summed E-state index contributed by atoms with van der Waals surface area (Å²) in [7, 11) is -3.47. The van der Waals surface area contributed by atoms with Gasteiger partial charge in [-0.25, -0.2) is 13.2 Å². The van der Waals surface area contributed by atoms with Crippen LogP contribution in [0, 0.1) is 0 Å². The molecule has 0 aliphatic rings. The van der Waals surface area contributed by atoms with E-state index in [2.05, 4.69) is 0 Å². The maximum Gasteiger partial charge on any atom is 0.337 e. The Hall–Kier alpha value is -0.880. The molecule has 1 aromatic rings. The van der Waals surface area contributed by atoms with Gasteiger partial charge < -0.3 is 5.11 Å². The number of rotatable bonds is 3. The Morgan fingerprint density at radius 3 is 2.50 bits per heavy atom. The molecule has 0 saturated heterocycles. The minimum atomic E-state index is -3.47. The van der Waals surface area contributed by atoms with E-state index in [9.17, 15) is 13.2 Å². The SMILES string of the molecule is CC(C)S(=O)(=O)c1sccc1C(=O)O. The standard InChI is InChI=1S/C8H10O4S2/c1-5(2)14(11,12)8-6(7(9)10)3-4-13-8/h3-5H,1-2H3,(H,9,10). The van der Waals surface area contributed by atoms with Gasteiger partial charge in [0.2, 0.25) is 0 Å². The van der Waals surface area contributed by atoms with Crippen LogP contribution in [0.1, 0.15) is 24.2 Å². The topological polar surface area (TPSA) is 71.4 Å². The van der Waals surface area contributed by atoms with Crippen molar-refractivity contribution < 1.29 is 18.3 Å². The number of hydrogen-bond acceptors (Lipinski definition) is 4. The largest absolute Gasteiger partial charge is 0.478 e. The second kappa shape index (κ2) is 3.70. The second-order valence-corrected chi connectivity index (χ2v) is 6.64. The number of hydrogen-bond donors (Lipinski definition) is 1. The van der Waals surface area contributed by atoms with Crippen molar-refractivity contribution in [2.45, 2.75) is 23.3 Å². The summed E-state index contributed by atoms with van der Waals surface area (Å²) in [6.07, 6.45) is 0. The molecule has 0 amide bonds. The van der Waals surface area contributed by atoms with Crippen molar-refractivity contribution in [3.8, 4) is 0 Å². The first kappa shape index (κ1) is 11.2. The molecule has 78 valence electrons. The fourth-order valence-electron chi connectivity index (χ4n) is 0.888. The predicted molar refractivity (Wildman–Crippen MR) is 53.6 cm³/mol. The first-order valence-electron chi connectivity index (χ1n) is 3.92. The fourth-order valence-corrected chi connectivity index (χ4v) is 3.67. The number of aromatic carboxylic acids is 1. The number of thiophene rings is 1. The smallest absolute Gasteiger partial charge is 0.337 e. The molecule has 1 rings (SSSR count). The minimum absolute atomic E-state index is 0.0556. The molecule has 0 unspecified atom stereocenters.